The number of carbonyl (C=O) groups is 2. The summed E-state index contributed by atoms with van der Waals surface area (Å²) in [6.45, 7) is 5.32. The predicted molar refractivity (Wildman–Crippen MR) is 130 cm³/mol. The molecule has 0 rings (SSSR count). The van der Waals surface area contributed by atoms with Crippen LogP contribution in [0.2, 0.25) is 0 Å². The van der Waals surface area contributed by atoms with Crippen molar-refractivity contribution in [2.24, 2.45) is 0 Å². The number of unbranched alkanes of at least 4 members (excludes halogenated alkanes) is 13. The minimum atomic E-state index is -0.176. The fourth-order valence-electron chi connectivity index (χ4n) is 3.51. The minimum absolute atomic E-state index is 0.142. The number of carbonyl (C=O) groups excluding carboxylic acids is 2. The van der Waals surface area contributed by atoms with Crippen molar-refractivity contribution in [2.45, 2.75) is 136 Å². The Morgan fingerprint density at radius 1 is 0.548 bits per heavy atom. The summed E-state index contributed by atoms with van der Waals surface area (Å²) in [7, 11) is 0. The van der Waals surface area contributed by atoms with Gasteiger partial charge in [-0.3, -0.25) is 9.59 Å². The van der Waals surface area contributed by atoms with E-state index < -0.39 is 0 Å². The highest BCUT2D eigenvalue weighted by Crippen LogP contribution is 2.12. The second-order valence-electron chi connectivity index (χ2n) is 8.56. The summed E-state index contributed by atoms with van der Waals surface area (Å²) >= 11 is 0. The van der Waals surface area contributed by atoms with Gasteiger partial charge in [0.1, 0.15) is 0 Å². The van der Waals surface area contributed by atoms with Crippen LogP contribution in [0.4, 0.5) is 0 Å². The van der Waals surface area contributed by atoms with Gasteiger partial charge < -0.3 is 9.47 Å². The Kier molecular flexibility index (Phi) is 23.9. The zero-order chi connectivity index (χ0) is 22.8. The van der Waals surface area contributed by atoms with Crippen molar-refractivity contribution in [1.82, 2.24) is 0 Å². The maximum Gasteiger partial charge on any atom is 0.305 e. The van der Waals surface area contributed by atoms with E-state index in [1.807, 2.05) is 6.08 Å². The van der Waals surface area contributed by atoms with Crippen molar-refractivity contribution < 1.29 is 19.1 Å². The normalized spacial score (nSPS) is 11.2. The highest BCUT2D eigenvalue weighted by molar-refractivity contribution is 5.70. The summed E-state index contributed by atoms with van der Waals surface area (Å²) < 4.78 is 10.4. The van der Waals surface area contributed by atoms with Crippen LogP contribution in [0.3, 0.4) is 0 Å². The van der Waals surface area contributed by atoms with Crippen LogP contribution in [-0.2, 0) is 19.1 Å². The Balaban J connectivity index is 3.27. The van der Waals surface area contributed by atoms with Gasteiger partial charge >= 0.3 is 11.9 Å². The highest BCUT2D eigenvalue weighted by Gasteiger charge is 2.06. The van der Waals surface area contributed by atoms with Gasteiger partial charge in [0.15, 0.2) is 0 Å². The van der Waals surface area contributed by atoms with Crippen LogP contribution in [-0.4, -0.2) is 25.2 Å². The van der Waals surface area contributed by atoms with Gasteiger partial charge in [-0.1, -0.05) is 103 Å². The van der Waals surface area contributed by atoms with Crippen molar-refractivity contribution in [1.29, 1.82) is 0 Å². The Bertz CT molecular complexity index is 431. The van der Waals surface area contributed by atoms with Crippen molar-refractivity contribution in [3.63, 3.8) is 0 Å². The van der Waals surface area contributed by atoms with Crippen molar-refractivity contribution >= 4 is 11.9 Å². The van der Waals surface area contributed by atoms with Gasteiger partial charge in [-0.05, 0) is 32.1 Å². The zero-order valence-electron chi connectivity index (χ0n) is 20.6. The third-order valence-corrected chi connectivity index (χ3v) is 5.47. The van der Waals surface area contributed by atoms with Gasteiger partial charge in [0.25, 0.3) is 0 Å². The van der Waals surface area contributed by atoms with Crippen LogP contribution in [0.15, 0.2) is 12.2 Å². The van der Waals surface area contributed by atoms with Gasteiger partial charge in [0.2, 0.25) is 0 Å². The maximum atomic E-state index is 11.7. The molecule has 0 aliphatic rings. The molecule has 0 aromatic carbocycles. The monoisotopic (exact) mass is 438 g/mol. The average Bonchev–Trinajstić information content (AvgIpc) is 2.77. The molecule has 0 saturated heterocycles. The second kappa shape index (κ2) is 24.9. The molecule has 0 fully saturated rings. The first kappa shape index (κ1) is 29.7. The molecule has 0 heterocycles. The third kappa shape index (κ3) is 24.8. The predicted octanol–water partition coefficient (Wildman–Crippen LogP) is 8.08. The topological polar surface area (TPSA) is 52.6 Å². The number of esters is 2. The van der Waals surface area contributed by atoms with Gasteiger partial charge in [-0.15, -0.1) is 0 Å². The van der Waals surface area contributed by atoms with Crippen LogP contribution < -0.4 is 0 Å². The Morgan fingerprint density at radius 3 is 1.48 bits per heavy atom. The fourth-order valence-corrected chi connectivity index (χ4v) is 3.51. The van der Waals surface area contributed by atoms with Crippen LogP contribution in [0.5, 0.6) is 0 Å². The summed E-state index contributed by atoms with van der Waals surface area (Å²) in [5.74, 6) is -0.317. The van der Waals surface area contributed by atoms with Crippen LogP contribution >= 0.6 is 0 Å². The summed E-state index contributed by atoms with van der Waals surface area (Å²) in [4.78, 5) is 23.3. The largest absolute Gasteiger partial charge is 0.466 e. The SMILES string of the molecule is CC/C=C\CCOC(=O)CCCCC(=O)OCCCCCCCCCCCCCCC. The molecule has 182 valence electrons. The standard InChI is InChI=1S/C27H50O4/c1-3-5-7-9-10-11-12-13-14-15-16-17-21-25-31-27(29)23-19-18-22-26(28)30-24-20-8-6-4-2/h6,8H,3-5,7,9-25H2,1-2H3/b8-6-. The summed E-state index contributed by atoms with van der Waals surface area (Å²) in [5.41, 5.74) is 0. The van der Waals surface area contributed by atoms with E-state index in [4.69, 9.17) is 9.47 Å². The van der Waals surface area contributed by atoms with Crippen molar-refractivity contribution in [3.05, 3.63) is 12.2 Å². The molecular formula is C27H50O4. The molecule has 0 aliphatic carbocycles. The molecule has 4 heteroatoms. The van der Waals surface area contributed by atoms with E-state index in [-0.39, 0.29) is 11.9 Å². The Hall–Kier alpha value is -1.32. The van der Waals surface area contributed by atoms with E-state index in [0.717, 1.165) is 25.7 Å². The van der Waals surface area contributed by atoms with E-state index in [0.29, 0.717) is 38.9 Å². The summed E-state index contributed by atoms with van der Waals surface area (Å²) in [6.07, 6.45) is 25.1. The van der Waals surface area contributed by atoms with E-state index >= 15 is 0 Å². The first-order valence-corrected chi connectivity index (χ1v) is 13.2. The fraction of sp³-hybridized carbons (Fsp3) is 0.852. The molecule has 0 spiro atoms. The van der Waals surface area contributed by atoms with E-state index in [2.05, 4.69) is 19.9 Å². The lowest BCUT2D eigenvalue weighted by molar-refractivity contribution is -0.145. The molecule has 0 aromatic heterocycles. The molecule has 0 aromatic rings. The number of rotatable bonds is 23. The van der Waals surface area contributed by atoms with Crippen LogP contribution in [0.1, 0.15) is 136 Å². The van der Waals surface area contributed by atoms with Crippen molar-refractivity contribution in [2.75, 3.05) is 13.2 Å². The lowest BCUT2D eigenvalue weighted by atomic mass is 10.0. The summed E-state index contributed by atoms with van der Waals surface area (Å²) in [6, 6.07) is 0. The van der Waals surface area contributed by atoms with Crippen LogP contribution in [0, 0.1) is 0 Å². The summed E-state index contributed by atoms with van der Waals surface area (Å²) in [5, 5.41) is 0. The molecule has 0 amide bonds. The van der Waals surface area contributed by atoms with Crippen LogP contribution in [0.25, 0.3) is 0 Å². The van der Waals surface area contributed by atoms with E-state index in [9.17, 15) is 9.59 Å². The molecular weight excluding hydrogens is 388 g/mol. The van der Waals surface area contributed by atoms with E-state index in [1.165, 1.54) is 70.6 Å². The molecule has 0 atom stereocenters. The molecule has 0 aliphatic heterocycles. The Morgan fingerprint density at radius 2 is 1.00 bits per heavy atom. The van der Waals surface area contributed by atoms with Gasteiger partial charge in [0.05, 0.1) is 13.2 Å². The lowest BCUT2D eigenvalue weighted by Crippen LogP contribution is -2.07. The second-order valence-corrected chi connectivity index (χ2v) is 8.56. The number of hydrogen-bond donors (Lipinski definition) is 0. The molecule has 0 saturated carbocycles. The molecule has 0 unspecified atom stereocenters. The quantitative estimate of drug-likeness (QED) is 0.0919. The molecule has 4 nitrogen and oxygen atoms in total. The smallest absolute Gasteiger partial charge is 0.305 e. The van der Waals surface area contributed by atoms with Gasteiger partial charge in [-0.2, -0.15) is 0 Å². The van der Waals surface area contributed by atoms with E-state index in [1.54, 1.807) is 0 Å². The first-order chi connectivity index (χ1) is 15.2. The molecule has 31 heavy (non-hydrogen) atoms. The molecule has 0 bridgehead atoms. The Labute approximate surface area is 192 Å². The lowest BCUT2D eigenvalue weighted by Gasteiger charge is -2.06. The maximum absolute atomic E-state index is 11.7. The first-order valence-electron chi connectivity index (χ1n) is 13.2. The number of ether oxygens (including phenoxy) is 2. The highest BCUT2D eigenvalue weighted by atomic mass is 16.5. The average molecular weight is 439 g/mol. The molecule has 0 radical (unpaired) electrons. The molecule has 0 N–H and O–H groups in total. The van der Waals surface area contributed by atoms with Gasteiger partial charge in [0, 0.05) is 12.8 Å². The van der Waals surface area contributed by atoms with Gasteiger partial charge in [-0.25, -0.2) is 0 Å². The number of hydrogen-bond acceptors (Lipinski definition) is 4. The third-order valence-electron chi connectivity index (χ3n) is 5.47. The van der Waals surface area contributed by atoms with Crippen molar-refractivity contribution in [3.8, 4) is 0 Å². The minimum Gasteiger partial charge on any atom is -0.466 e. The number of allylic oxidation sites excluding steroid dienone is 1. The zero-order valence-corrected chi connectivity index (χ0v) is 20.6.